The molecule has 166 valence electrons. The van der Waals surface area contributed by atoms with Gasteiger partial charge in [-0.3, -0.25) is 19.8 Å². The molecule has 10 heteroatoms. The number of amides is 2. The standard InChI is InChI=1S/C21H27N5O4S/c27-18(24-20-25-23-15-31-20)13-26-10-12-30-21(14-26)8-4-3-6-16-5-1-2-7-17(16)29-11-9-22-19(21)28/h1-2,5,7,15H,3-4,6,8-14H2,(H,22,28)(H,24,25,27). The third-order valence-electron chi connectivity index (χ3n) is 5.55. The van der Waals surface area contributed by atoms with E-state index in [2.05, 4.69) is 26.9 Å². The molecule has 2 aromatic rings. The van der Waals surface area contributed by atoms with E-state index in [4.69, 9.17) is 9.47 Å². The summed E-state index contributed by atoms with van der Waals surface area (Å²) in [4.78, 5) is 27.5. The Morgan fingerprint density at radius 1 is 1.29 bits per heavy atom. The van der Waals surface area contributed by atoms with E-state index in [1.807, 2.05) is 23.1 Å². The largest absolute Gasteiger partial charge is 0.491 e. The molecule has 9 nitrogen and oxygen atoms in total. The summed E-state index contributed by atoms with van der Waals surface area (Å²) in [6, 6.07) is 8.04. The highest BCUT2D eigenvalue weighted by molar-refractivity contribution is 7.13. The van der Waals surface area contributed by atoms with Crippen molar-refractivity contribution >= 4 is 28.3 Å². The van der Waals surface area contributed by atoms with E-state index in [0.29, 0.717) is 44.4 Å². The number of benzene rings is 1. The van der Waals surface area contributed by atoms with Crippen LogP contribution >= 0.6 is 11.3 Å². The molecule has 1 fully saturated rings. The van der Waals surface area contributed by atoms with E-state index in [1.165, 1.54) is 16.9 Å². The van der Waals surface area contributed by atoms with Crippen LogP contribution in [0.15, 0.2) is 29.8 Å². The molecular weight excluding hydrogens is 418 g/mol. The molecule has 31 heavy (non-hydrogen) atoms. The molecule has 4 rings (SSSR count). The van der Waals surface area contributed by atoms with Gasteiger partial charge in [0.1, 0.15) is 17.9 Å². The zero-order valence-electron chi connectivity index (χ0n) is 17.3. The van der Waals surface area contributed by atoms with E-state index in [-0.39, 0.29) is 18.4 Å². The van der Waals surface area contributed by atoms with E-state index >= 15 is 0 Å². The summed E-state index contributed by atoms with van der Waals surface area (Å²) in [5.41, 5.74) is 1.79. The lowest BCUT2D eigenvalue weighted by Gasteiger charge is -2.41. The SMILES string of the molecule is O=C(CN1CCOC2(CCCCc3ccccc3OCCNC2=O)C1)Nc1nncs1. The average molecular weight is 446 g/mol. The quantitative estimate of drug-likeness (QED) is 0.737. The van der Waals surface area contributed by atoms with Crippen molar-refractivity contribution < 1.29 is 19.1 Å². The predicted molar refractivity (Wildman–Crippen MR) is 116 cm³/mol. The smallest absolute Gasteiger partial charge is 0.253 e. The van der Waals surface area contributed by atoms with Crippen LogP contribution in [-0.2, 0) is 20.7 Å². The first-order chi connectivity index (χ1) is 15.1. The number of nitrogens with zero attached hydrogens (tertiary/aromatic N) is 3. The van der Waals surface area contributed by atoms with E-state index < -0.39 is 5.60 Å². The third-order valence-corrected chi connectivity index (χ3v) is 6.15. The van der Waals surface area contributed by atoms with Gasteiger partial charge in [0.05, 0.1) is 19.7 Å². The van der Waals surface area contributed by atoms with Crippen LogP contribution in [0.4, 0.5) is 5.13 Å². The third kappa shape index (κ3) is 5.57. The Morgan fingerprint density at radius 3 is 3.06 bits per heavy atom. The second kappa shape index (κ2) is 10.2. The molecule has 0 radical (unpaired) electrons. The molecule has 0 aliphatic carbocycles. The number of rotatable bonds is 3. The Labute approximate surface area is 185 Å². The molecule has 2 aliphatic rings. The minimum Gasteiger partial charge on any atom is -0.491 e. The Morgan fingerprint density at radius 2 is 2.19 bits per heavy atom. The Hall–Kier alpha value is -2.56. The molecule has 1 saturated heterocycles. The van der Waals surface area contributed by atoms with E-state index in [0.717, 1.165) is 25.0 Å². The van der Waals surface area contributed by atoms with Gasteiger partial charge >= 0.3 is 0 Å². The average Bonchev–Trinajstić information content (AvgIpc) is 3.27. The highest BCUT2D eigenvalue weighted by Gasteiger charge is 2.43. The van der Waals surface area contributed by atoms with Gasteiger partial charge < -0.3 is 14.8 Å². The number of anilines is 1. The lowest BCUT2D eigenvalue weighted by Crippen LogP contribution is -2.61. The van der Waals surface area contributed by atoms with Gasteiger partial charge in [-0.05, 0) is 37.3 Å². The Kier molecular flexibility index (Phi) is 7.10. The Balaban J connectivity index is 1.40. The molecule has 2 amide bonds. The number of aryl methyl sites for hydroxylation is 1. The van der Waals surface area contributed by atoms with Crippen LogP contribution in [0.1, 0.15) is 24.8 Å². The van der Waals surface area contributed by atoms with Gasteiger partial charge in [0.25, 0.3) is 5.91 Å². The van der Waals surface area contributed by atoms with Crippen LogP contribution in [0, 0.1) is 0 Å². The van der Waals surface area contributed by atoms with Crippen LogP contribution in [0.3, 0.4) is 0 Å². The number of hydrogen-bond donors (Lipinski definition) is 2. The lowest BCUT2D eigenvalue weighted by molar-refractivity contribution is -0.163. The van der Waals surface area contributed by atoms with Crippen LogP contribution < -0.4 is 15.4 Å². The summed E-state index contributed by atoms with van der Waals surface area (Å²) < 4.78 is 11.9. The molecule has 1 spiro atoms. The fourth-order valence-corrected chi connectivity index (χ4v) is 4.51. The zero-order chi connectivity index (χ0) is 21.5. The number of carbonyl (C=O) groups is 2. The summed E-state index contributed by atoms with van der Waals surface area (Å²) in [5.74, 6) is 0.570. The molecule has 2 aliphatic heterocycles. The van der Waals surface area contributed by atoms with Crippen molar-refractivity contribution in [2.24, 2.45) is 0 Å². The minimum absolute atomic E-state index is 0.140. The maximum Gasteiger partial charge on any atom is 0.253 e. The lowest BCUT2D eigenvalue weighted by atomic mass is 9.91. The monoisotopic (exact) mass is 445 g/mol. The molecule has 1 aromatic carbocycles. The van der Waals surface area contributed by atoms with Gasteiger partial charge in [0.2, 0.25) is 11.0 Å². The number of morpholine rings is 1. The maximum atomic E-state index is 13.1. The number of aromatic nitrogens is 2. The fraction of sp³-hybridized carbons (Fsp3) is 0.524. The predicted octanol–water partition coefficient (Wildman–Crippen LogP) is 1.47. The first-order valence-corrected chi connectivity index (χ1v) is 11.4. The number of ether oxygens (including phenoxy) is 2. The van der Waals surface area contributed by atoms with E-state index in [9.17, 15) is 9.59 Å². The topological polar surface area (TPSA) is 106 Å². The molecule has 3 heterocycles. The molecule has 1 aromatic heterocycles. The summed E-state index contributed by atoms with van der Waals surface area (Å²) >= 11 is 1.27. The highest BCUT2D eigenvalue weighted by atomic mass is 32.1. The second-order valence-corrected chi connectivity index (χ2v) is 8.60. The van der Waals surface area contributed by atoms with Gasteiger partial charge in [-0.1, -0.05) is 29.5 Å². The number of hydrogen-bond acceptors (Lipinski definition) is 8. The zero-order valence-corrected chi connectivity index (χ0v) is 18.2. The molecule has 1 unspecified atom stereocenters. The van der Waals surface area contributed by atoms with Crippen LogP contribution in [0.25, 0.3) is 0 Å². The summed E-state index contributed by atoms with van der Waals surface area (Å²) in [6.07, 6.45) is 3.26. The van der Waals surface area contributed by atoms with Crippen molar-refractivity contribution in [1.29, 1.82) is 0 Å². The van der Waals surface area contributed by atoms with Gasteiger partial charge in [-0.25, -0.2) is 0 Å². The minimum atomic E-state index is -0.958. The van der Waals surface area contributed by atoms with Crippen molar-refractivity contribution in [3.8, 4) is 5.75 Å². The van der Waals surface area contributed by atoms with Gasteiger partial charge in [0.15, 0.2) is 5.60 Å². The first kappa shape index (κ1) is 21.7. The molecular formula is C21H27N5O4S. The number of nitrogens with one attached hydrogen (secondary N) is 2. The normalized spacial score (nSPS) is 23.0. The van der Waals surface area contributed by atoms with Crippen LogP contribution in [0.2, 0.25) is 0 Å². The van der Waals surface area contributed by atoms with Crippen LogP contribution in [0.5, 0.6) is 5.75 Å². The first-order valence-electron chi connectivity index (χ1n) is 10.6. The molecule has 0 saturated carbocycles. The summed E-state index contributed by atoms with van der Waals surface area (Å²) in [7, 11) is 0. The molecule has 1 atom stereocenters. The number of para-hydroxylation sites is 1. The van der Waals surface area contributed by atoms with Gasteiger partial charge in [-0.15, -0.1) is 10.2 Å². The number of fused-ring (bicyclic) bond motifs is 1. The van der Waals surface area contributed by atoms with E-state index in [1.54, 1.807) is 5.51 Å². The second-order valence-electron chi connectivity index (χ2n) is 7.76. The van der Waals surface area contributed by atoms with Crippen LogP contribution in [-0.4, -0.2) is 71.9 Å². The summed E-state index contributed by atoms with van der Waals surface area (Å²) in [6.45, 7) is 2.34. The van der Waals surface area contributed by atoms with Gasteiger partial charge in [-0.2, -0.15) is 0 Å². The van der Waals surface area contributed by atoms with Crippen molar-refractivity contribution in [3.05, 3.63) is 35.3 Å². The van der Waals surface area contributed by atoms with Crippen molar-refractivity contribution in [2.45, 2.75) is 31.3 Å². The molecule has 0 bridgehead atoms. The van der Waals surface area contributed by atoms with Gasteiger partial charge in [0, 0.05) is 13.1 Å². The Bertz CT molecular complexity index is 894. The van der Waals surface area contributed by atoms with Crippen molar-refractivity contribution in [3.63, 3.8) is 0 Å². The fourth-order valence-electron chi connectivity index (χ4n) is 4.05. The molecule has 2 N–H and O–H groups in total. The van der Waals surface area contributed by atoms with Crippen molar-refractivity contribution in [2.75, 3.05) is 44.7 Å². The maximum absolute atomic E-state index is 13.1. The van der Waals surface area contributed by atoms with Crippen molar-refractivity contribution in [1.82, 2.24) is 20.4 Å². The highest BCUT2D eigenvalue weighted by Crippen LogP contribution is 2.27. The number of carbonyl (C=O) groups excluding carboxylic acids is 2. The summed E-state index contributed by atoms with van der Waals surface area (Å²) in [5, 5.41) is 13.7.